The van der Waals surface area contributed by atoms with Gasteiger partial charge in [-0.15, -0.1) is 0 Å². The largest absolute Gasteiger partial charge is 0.494 e. The van der Waals surface area contributed by atoms with Crippen molar-refractivity contribution in [2.75, 3.05) is 69.5 Å². The monoisotopic (exact) mass is 597 g/mol. The first-order valence-corrected chi connectivity index (χ1v) is 14.0. The summed E-state index contributed by atoms with van der Waals surface area (Å²) in [6.07, 6.45) is -3.33. The molecule has 5 rings (SSSR count). The summed E-state index contributed by atoms with van der Waals surface area (Å²) in [5.74, 6) is 0.449. The Morgan fingerprint density at radius 3 is 2.58 bits per heavy atom. The summed E-state index contributed by atoms with van der Waals surface area (Å²) in [4.78, 5) is 38.3. The van der Waals surface area contributed by atoms with Gasteiger partial charge in [0.1, 0.15) is 5.75 Å². The highest BCUT2D eigenvalue weighted by molar-refractivity contribution is 5.99. The number of halogens is 3. The van der Waals surface area contributed by atoms with Crippen LogP contribution < -0.4 is 20.3 Å². The minimum Gasteiger partial charge on any atom is -0.494 e. The number of benzene rings is 2. The molecule has 3 aromatic rings. The molecule has 3 heterocycles. The van der Waals surface area contributed by atoms with Crippen molar-refractivity contribution in [3.8, 4) is 5.75 Å². The van der Waals surface area contributed by atoms with Crippen LogP contribution in [0.4, 0.5) is 36.2 Å². The van der Waals surface area contributed by atoms with E-state index in [4.69, 9.17) is 4.74 Å². The number of anilines is 4. The van der Waals surface area contributed by atoms with Crippen LogP contribution in [0.1, 0.15) is 22.4 Å². The Kier molecular flexibility index (Phi) is 8.71. The van der Waals surface area contributed by atoms with Gasteiger partial charge in [-0.05, 0) is 56.3 Å². The topological polar surface area (TPSA) is 103 Å². The zero-order chi connectivity index (χ0) is 30.7. The predicted octanol–water partition coefficient (Wildman–Crippen LogP) is 3.74. The van der Waals surface area contributed by atoms with Crippen molar-refractivity contribution in [3.63, 3.8) is 0 Å². The lowest BCUT2D eigenvalue weighted by Crippen LogP contribution is -2.50. The van der Waals surface area contributed by atoms with E-state index in [0.29, 0.717) is 49.8 Å². The molecule has 0 unspecified atom stereocenters. The minimum absolute atomic E-state index is 0.00971. The van der Waals surface area contributed by atoms with Gasteiger partial charge in [-0.2, -0.15) is 13.2 Å². The lowest BCUT2D eigenvalue weighted by atomic mass is 9.98. The number of amides is 2. The third-order valence-electron chi connectivity index (χ3n) is 7.57. The molecule has 228 valence electrons. The second-order valence-corrected chi connectivity index (χ2v) is 10.8. The second kappa shape index (κ2) is 12.5. The summed E-state index contributed by atoms with van der Waals surface area (Å²) < 4.78 is 47.2. The molecule has 2 aliphatic heterocycles. The number of fused-ring (bicyclic) bond motifs is 1. The number of piperazine rings is 1. The van der Waals surface area contributed by atoms with Gasteiger partial charge in [0, 0.05) is 49.8 Å². The number of aromatic nitrogens is 2. The van der Waals surface area contributed by atoms with Crippen LogP contribution in [0.15, 0.2) is 42.6 Å². The highest BCUT2D eigenvalue weighted by atomic mass is 19.4. The number of hydrogen-bond donors (Lipinski definition) is 2. The lowest BCUT2D eigenvalue weighted by molar-refractivity contribution is -0.138. The highest BCUT2D eigenvalue weighted by Gasteiger charge is 2.35. The van der Waals surface area contributed by atoms with E-state index >= 15 is 0 Å². The summed E-state index contributed by atoms with van der Waals surface area (Å²) in [5, 5.41) is 5.78. The van der Waals surface area contributed by atoms with Crippen molar-refractivity contribution in [3.05, 3.63) is 65.0 Å². The van der Waals surface area contributed by atoms with E-state index in [2.05, 4.69) is 25.5 Å². The van der Waals surface area contributed by atoms with Gasteiger partial charge in [-0.1, -0.05) is 12.1 Å². The number of nitrogens with zero attached hydrogens (tertiary/aromatic N) is 5. The standard InChI is InChI=1S/C30H34F3N7O3/c1-38(2)18-28(42)40-13-11-39(12-14-40)20-8-10-25(26(15-20)43-3)37-29-34-17-22(30(31,32)33)24(36-29)9-7-19-5-4-6-23-21(19)16-27(41)35-23/h4-6,8,10,15,17H,7,9,11-14,16,18H2,1-3H3,(H,35,41)(H,34,36,37). The molecule has 0 bridgehead atoms. The third-order valence-corrected chi connectivity index (χ3v) is 7.57. The molecular formula is C30H34F3N7O3. The van der Waals surface area contributed by atoms with Gasteiger partial charge in [0.05, 0.1) is 37.0 Å². The Labute approximate surface area is 247 Å². The van der Waals surface area contributed by atoms with E-state index in [0.717, 1.165) is 23.0 Å². The molecule has 1 fully saturated rings. The maximum atomic E-state index is 13.9. The van der Waals surface area contributed by atoms with Gasteiger partial charge in [-0.25, -0.2) is 9.97 Å². The van der Waals surface area contributed by atoms with E-state index in [1.54, 1.807) is 18.2 Å². The molecule has 2 aromatic carbocycles. The number of hydrogen-bond acceptors (Lipinski definition) is 8. The Morgan fingerprint density at radius 1 is 1.12 bits per heavy atom. The number of methoxy groups -OCH3 is 1. The molecule has 1 aromatic heterocycles. The lowest BCUT2D eigenvalue weighted by Gasteiger charge is -2.36. The van der Waals surface area contributed by atoms with E-state index < -0.39 is 11.7 Å². The number of ether oxygens (including phenoxy) is 1. The average molecular weight is 598 g/mol. The Morgan fingerprint density at radius 2 is 1.88 bits per heavy atom. The number of carbonyl (C=O) groups is 2. The van der Waals surface area contributed by atoms with Gasteiger partial charge in [-0.3, -0.25) is 9.59 Å². The predicted molar refractivity (Wildman–Crippen MR) is 157 cm³/mol. The number of nitrogens with one attached hydrogen (secondary N) is 2. The van der Waals surface area contributed by atoms with E-state index in [1.807, 2.05) is 42.1 Å². The van der Waals surface area contributed by atoms with Crippen LogP contribution in [0, 0.1) is 0 Å². The van der Waals surface area contributed by atoms with Gasteiger partial charge in [0.15, 0.2) is 0 Å². The Bertz CT molecular complexity index is 1500. The highest BCUT2D eigenvalue weighted by Crippen LogP contribution is 2.35. The summed E-state index contributed by atoms with van der Waals surface area (Å²) in [6, 6.07) is 10.9. The summed E-state index contributed by atoms with van der Waals surface area (Å²) in [7, 11) is 5.24. The first-order valence-electron chi connectivity index (χ1n) is 14.0. The molecule has 2 amide bonds. The van der Waals surface area contributed by atoms with E-state index in [9.17, 15) is 22.8 Å². The fourth-order valence-electron chi connectivity index (χ4n) is 5.39. The number of likely N-dealkylation sites (N-methyl/N-ethyl adjacent to an activating group) is 1. The van der Waals surface area contributed by atoms with Crippen LogP contribution in [0.2, 0.25) is 0 Å². The van der Waals surface area contributed by atoms with E-state index in [1.165, 1.54) is 7.11 Å². The molecule has 43 heavy (non-hydrogen) atoms. The molecule has 0 radical (unpaired) electrons. The summed E-state index contributed by atoms with van der Waals surface area (Å²) in [6.45, 7) is 2.91. The Hall–Kier alpha value is -4.39. The van der Waals surface area contributed by atoms with Gasteiger partial charge < -0.3 is 30.1 Å². The van der Waals surface area contributed by atoms with Crippen molar-refractivity contribution in [2.45, 2.75) is 25.4 Å². The van der Waals surface area contributed by atoms with E-state index in [-0.39, 0.29) is 42.7 Å². The smallest absolute Gasteiger partial charge is 0.419 e. The fraction of sp³-hybridized carbons (Fsp3) is 0.400. The maximum absolute atomic E-state index is 13.9. The van der Waals surface area contributed by atoms with Crippen molar-refractivity contribution in [1.82, 2.24) is 19.8 Å². The van der Waals surface area contributed by atoms with Crippen LogP contribution in [0.3, 0.4) is 0 Å². The fourth-order valence-corrected chi connectivity index (χ4v) is 5.39. The molecule has 13 heteroatoms. The van der Waals surface area contributed by atoms with Crippen molar-refractivity contribution in [1.29, 1.82) is 0 Å². The zero-order valence-electron chi connectivity index (χ0n) is 24.3. The molecule has 2 aliphatic rings. The first-order chi connectivity index (χ1) is 20.5. The molecule has 2 N–H and O–H groups in total. The van der Waals surface area contributed by atoms with Crippen molar-refractivity contribution in [2.24, 2.45) is 0 Å². The first kappa shape index (κ1) is 30.1. The SMILES string of the molecule is COc1cc(N2CCN(C(=O)CN(C)C)CC2)ccc1Nc1ncc(C(F)(F)F)c(CCc2cccc3c2CC(=O)N3)n1. The molecular weight excluding hydrogens is 563 g/mol. The van der Waals surface area contributed by atoms with Crippen LogP contribution >= 0.6 is 0 Å². The number of rotatable bonds is 9. The molecule has 0 aliphatic carbocycles. The minimum atomic E-state index is -4.62. The van der Waals surface area contributed by atoms with Crippen LogP contribution in [0.5, 0.6) is 5.75 Å². The van der Waals surface area contributed by atoms with Crippen molar-refractivity contribution >= 4 is 34.8 Å². The van der Waals surface area contributed by atoms with Crippen LogP contribution in [0.25, 0.3) is 0 Å². The number of alkyl halides is 3. The van der Waals surface area contributed by atoms with Gasteiger partial charge >= 0.3 is 6.18 Å². The van der Waals surface area contributed by atoms with Gasteiger partial charge in [0.2, 0.25) is 17.8 Å². The number of carbonyl (C=O) groups excluding carboxylic acids is 2. The maximum Gasteiger partial charge on any atom is 0.419 e. The summed E-state index contributed by atoms with van der Waals surface area (Å²) >= 11 is 0. The van der Waals surface area contributed by atoms with Crippen LogP contribution in [-0.2, 0) is 35.0 Å². The molecule has 1 saturated heterocycles. The van der Waals surface area contributed by atoms with Crippen molar-refractivity contribution < 1.29 is 27.5 Å². The quantitative estimate of drug-likeness (QED) is 0.385. The number of aryl methyl sites for hydroxylation is 2. The Balaban J connectivity index is 1.31. The summed E-state index contributed by atoms with van der Waals surface area (Å²) in [5.41, 5.74) is 2.67. The zero-order valence-corrected chi connectivity index (χ0v) is 24.3. The molecule has 0 saturated carbocycles. The normalized spacial score (nSPS) is 15.0. The van der Waals surface area contributed by atoms with Gasteiger partial charge in [0.25, 0.3) is 0 Å². The molecule has 0 spiro atoms. The average Bonchev–Trinajstić information content (AvgIpc) is 3.36. The molecule has 0 atom stereocenters. The molecule has 10 nitrogen and oxygen atoms in total. The second-order valence-electron chi connectivity index (χ2n) is 10.8. The third kappa shape index (κ3) is 6.99. The van der Waals surface area contributed by atoms with Crippen LogP contribution in [-0.4, -0.2) is 85.5 Å².